The molecule has 1 N–H and O–H groups in total. The second kappa shape index (κ2) is 4.93. The first-order valence-corrected chi connectivity index (χ1v) is 6.64. The molecule has 0 spiro atoms. The van der Waals surface area contributed by atoms with Crippen LogP contribution in [0.1, 0.15) is 19.8 Å². The molecule has 0 amide bonds. The molecular weight excluding hydrogens is 212 g/mol. The van der Waals surface area contributed by atoms with Crippen LogP contribution in [0.4, 0.5) is 0 Å². The Morgan fingerprint density at radius 1 is 1.41 bits per heavy atom. The summed E-state index contributed by atoms with van der Waals surface area (Å²) in [6.07, 6.45) is 2.41. The molecule has 96 valence electrons. The monoisotopic (exact) mass is 236 g/mol. The molecule has 4 nitrogen and oxygen atoms in total. The largest absolute Gasteiger partial charge is 0.304 e. The normalized spacial score (nSPS) is 30.8. The minimum Gasteiger partial charge on any atom is -0.304 e. The zero-order valence-electron chi connectivity index (χ0n) is 11.2. The maximum absolute atomic E-state index is 9.51. The van der Waals surface area contributed by atoms with Crippen LogP contribution in [0.25, 0.3) is 0 Å². The molecule has 1 aliphatic carbocycles. The van der Waals surface area contributed by atoms with E-state index in [0.29, 0.717) is 12.0 Å². The van der Waals surface area contributed by atoms with Gasteiger partial charge in [-0.25, -0.2) is 0 Å². The van der Waals surface area contributed by atoms with Gasteiger partial charge >= 0.3 is 0 Å². The lowest BCUT2D eigenvalue weighted by atomic mass is 9.93. The van der Waals surface area contributed by atoms with Crippen LogP contribution >= 0.6 is 0 Å². The van der Waals surface area contributed by atoms with E-state index in [0.717, 1.165) is 26.2 Å². The van der Waals surface area contributed by atoms with Crippen LogP contribution in [0.2, 0.25) is 0 Å². The van der Waals surface area contributed by atoms with Crippen LogP contribution in [0, 0.1) is 17.2 Å². The van der Waals surface area contributed by atoms with E-state index in [-0.39, 0.29) is 5.54 Å². The van der Waals surface area contributed by atoms with Crippen molar-refractivity contribution in [2.24, 2.45) is 5.92 Å². The van der Waals surface area contributed by atoms with Gasteiger partial charge in [-0.2, -0.15) is 5.26 Å². The van der Waals surface area contributed by atoms with Crippen LogP contribution < -0.4 is 5.32 Å². The van der Waals surface area contributed by atoms with E-state index in [4.69, 9.17) is 0 Å². The highest BCUT2D eigenvalue weighted by Gasteiger charge is 2.46. The lowest BCUT2D eigenvalue weighted by Crippen LogP contribution is -2.59. The molecule has 2 fully saturated rings. The molecule has 2 unspecified atom stereocenters. The summed E-state index contributed by atoms with van der Waals surface area (Å²) in [6, 6.07) is 3.09. The lowest BCUT2D eigenvalue weighted by Gasteiger charge is -2.42. The van der Waals surface area contributed by atoms with Crippen molar-refractivity contribution < 1.29 is 0 Å². The van der Waals surface area contributed by atoms with Crippen LogP contribution in [-0.2, 0) is 0 Å². The van der Waals surface area contributed by atoms with Crippen molar-refractivity contribution in [2.75, 3.05) is 40.3 Å². The number of nitrogens with zero attached hydrogens (tertiary/aromatic N) is 3. The molecule has 1 saturated heterocycles. The van der Waals surface area contributed by atoms with Gasteiger partial charge in [0.1, 0.15) is 5.54 Å². The molecule has 1 saturated carbocycles. The van der Waals surface area contributed by atoms with Crippen molar-refractivity contribution in [2.45, 2.75) is 31.3 Å². The quantitative estimate of drug-likeness (QED) is 0.772. The summed E-state index contributed by atoms with van der Waals surface area (Å²) in [5.74, 6) is 0.560. The molecule has 0 aromatic heterocycles. The Bertz CT molecular complexity index is 307. The Labute approximate surface area is 105 Å². The van der Waals surface area contributed by atoms with Crippen LogP contribution in [0.5, 0.6) is 0 Å². The highest BCUT2D eigenvalue weighted by molar-refractivity contribution is 5.16. The minimum atomic E-state index is -0.315. The van der Waals surface area contributed by atoms with Gasteiger partial charge in [0.2, 0.25) is 0 Å². The molecule has 2 atom stereocenters. The fraction of sp³-hybridized carbons (Fsp3) is 0.923. The van der Waals surface area contributed by atoms with Gasteiger partial charge in [-0.05, 0) is 39.8 Å². The Kier molecular flexibility index (Phi) is 3.72. The van der Waals surface area contributed by atoms with Gasteiger partial charge in [0.25, 0.3) is 0 Å². The number of rotatable bonds is 4. The molecule has 0 radical (unpaired) electrons. The van der Waals surface area contributed by atoms with E-state index in [9.17, 15) is 5.26 Å². The van der Waals surface area contributed by atoms with E-state index >= 15 is 0 Å². The third-order valence-electron chi connectivity index (χ3n) is 4.34. The average molecular weight is 236 g/mol. The smallest absolute Gasteiger partial charge is 0.122 e. The van der Waals surface area contributed by atoms with Gasteiger partial charge in [-0.15, -0.1) is 0 Å². The van der Waals surface area contributed by atoms with E-state index in [1.807, 2.05) is 7.05 Å². The van der Waals surface area contributed by atoms with E-state index in [1.165, 1.54) is 12.8 Å². The summed E-state index contributed by atoms with van der Waals surface area (Å²) in [4.78, 5) is 4.84. The Morgan fingerprint density at radius 3 is 2.59 bits per heavy atom. The molecule has 1 aliphatic heterocycles. The first-order valence-electron chi connectivity index (χ1n) is 6.64. The molecule has 17 heavy (non-hydrogen) atoms. The fourth-order valence-electron chi connectivity index (χ4n) is 2.90. The molecule has 0 bridgehead atoms. The van der Waals surface area contributed by atoms with Crippen molar-refractivity contribution in [3.8, 4) is 6.07 Å². The third kappa shape index (κ3) is 2.62. The lowest BCUT2D eigenvalue weighted by molar-refractivity contribution is 0.0772. The molecule has 2 aliphatic rings. The molecule has 0 aromatic rings. The highest BCUT2D eigenvalue weighted by atomic mass is 15.3. The first-order chi connectivity index (χ1) is 8.11. The Hall–Kier alpha value is -0.630. The number of hydrogen-bond acceptors (Lipinski definition) is 4. The van der Waals surface area contributed by atoms with Gasteiger partial charge in [0.15, 0.2) is 0 Å². The fourth-order valence-corrected chi connectivity index (χ4v) is 2.90. The van der Waals surface area contributed by atoms with E-state index in [1.54, 1.807) is 0 Å². The van der Waals surface area contributed by atoms with Crippen LogP contribution in [0.15, 0.2) is 0 Å². The van der Waals surface area contributed by atoms with Gasteiger partial charge in [0, 0.05) is 32.2 Å². The maximum Gasteiger partial charge on any atom is 0.122 e. The molecule has 2 rings (SSSR count). The standard InChI is InChI=1S/C13H24N4/c1-11-8-16(3)6-7-17(11)10-13(9-14,15-2)12-4-5-12/h11-12,15H,4-8,10H2,1-3H3. The highest BCUT2D eigenvalue weighted by Crippen LogP contribution is 2.40. The Balaban J connectivity index is 2.01. The summed E-state index contributed by atoms with van der Waals surface area (Å²) in [6.45, 7) is 6.44. The summed E-state index contributed by atoms with van der Waals surface area (Å²) >= 11 is 0. The zero-order valence-corrected chi connectivity index (χ0v) is 11.2. The summed E-state index contributed by atoms with van der Waals surface area (Å²) in [5.41, 5.74) is -0.315. The molecule has 4 heteroatoms. The van der Waals surface area contributed by atoms with Crippen molar-refractivity contribution in [1.82, 2.24) is 15.1 Å². The van der Waals surface area contributed by atoms with Gasteiger partial charge in [0.05, 0.1) is 6.07 Å². The second-order valence-electron chi connectivity index (χ2n) is 5.69. The molecule has 0 aromatic carbocycles. The van der Waals surface area contributed by atoms with Crippen LogP contribution in [-0.4, -0.2) is 61.7 Å². The van der Waals surface area contributed by atoms with Gasteiger partial charge in [-0.1, -0.05) is 0 Å². The van der Waals surface area contributed by atoms with Crippen LogP contribution in [0.3, 0.4) is 0 Å². The zero-order chi connectivity index (χ0) is 12.5. The SMILES string of the molecule is CNC(C#N)(CN1CCN(C)CC1C)C1CC1. The predicted molar refractivity (Wildman–Crippen MR) is 68.7 cm³/mol. The van der Waals surface area contributed by atoms with E-state index in [2.05, 4.69) is 35.2 Å². The van der Waals surface area contributed by atoms with Crippen molar-refractivity contribution >= 4 is 0 Å². The summed E-state index contributed by atoms with van der Waals surface area (Å²) in [7, 11) is 4.10. The number of nitriles is 1. The van der Waals surface area contributed by atoms with Crippen molar-refractivity contribution in [3.05, 3.63) is 0 Å². The number of likely N-dealkylation sites (N-methyl/N-ethyl adjacent to an activating group) is 2. The molecule has 1 heterocycles. The van der Waals surface area contributed by atoms with E-state index < -0.39 is 0 Å². The van der Waals surface area contributed by atoms with Gasteiger partial charge in [-0.3, -0.25) is 4.90 Å². The van der Waals surface area contributed by atoms with Gasteiger partial charge < -0.3 is 10.2 Å². The summed E-state index contributed by atoms with van der Waals surface area (Å²) < 4.78 is 0. The average Bonchev–Trinajstić information content (AvgIpc) is 3.13. The first kappa shape index (κ1) is 12.8. The third-order valence-corrected chi connectivity index (χ3v) is 4.34. The molecular formula is C13H24N4. The second-order valence-corrected chi connectivity index (χ2v) is 5.69. The maximum atomic E-state index is 9.51. The predicted octanol–water partition coefficient (Wildman–Crippen LogP) is 0.514. The Morgan fingerprint density at radius 2 is 2.12 bits per heavy atom. The topological polar surface area (TPSA) is 42.3 Å². The number of nitrogens with one attached hydrogen (secondary N) is 1. The van der Waals surface area contributed by atoms with Crippen molar-refractivity contribution in [1.29, 1.82) is 5.26 Å². The number of piperazine rings is 1. The van der Waals surface area contributed by atoms with Crippen molar-refractivity contribution in [3.63, 3.8) is 0 Å². The number of hydrogen-bond donors (Lipinski definition) is 1. The minimum absolute atomic E-state index is 0.315. The summed E-state index contributed by atoms with van der Waals surface area (Å²) in [5, 5.41) is 12.8.